The van der Waals surface area contributed by atoms with Gasteiger partial charge in [0.1, 0.15) is 5.82 Å². The summed E-state index contributed by atoms with van der Waals surface area (Å²) in [5.41, 5.74) is 2.72. The first-order valence-corrected chi connectivity index (χ1v) is 9.89. The number of piperidine rings is 1. The molecule has 3 aromatic rings. The van der Waals surface area contributed by atoms with Crippen LogP contribution in [0.25, 0.3) is 0 Å². The Kier molecular flexibility index (Phi) is 5.46. The van der Waals surface area contributed by atoms with Crippen molar-refractivity contribution in [2.24, 2.45) is 0 Å². The molecule has 1 fully saturated rings. The van der Waals surface area contributed by atoms with E-state index in [-0.39, 0.29) is 5.91 Å². The van der Waals surface area contributed by atoms with Gasteiger partial charge >= 0.3 is 0 Å². The van der Waals surface area contributed by atoms with Crippen LogP contribution in [0.15, 0.2) is 55.1 Å². The molecular formula is C22H25N5O. The first-order chi connectivity index (χ1) is 13.7. The number of carbonyl (C=O) groups excluding carboxylic acids is 1. The fourth-order valence-corrected chi connectivity index (χ4v) is 3.81. The van der Waals surface area contributed by atoms with E-state index < -0.39 is 0 Å². The monoisotopic (exact) mass is 375 g/mol. The Balaban J connectivity index is 1.41. The fourth-order valence-electron chi connectivity index (χ4n) is 3.81. The number of likely N-dealkylation sites (tertiary alicyclic amines) is 1. The normalized spacial score (nSPS) is 15.0. The number of rotatable bonds is 5. The molecule has 0 unspecified atom stereocenters. The number of imidazole rings is 1. The second kappa shape index (κ2) is 8.33. The van der Waals surface area contributed by atoms with E-state index >= 15 is 0 Å². The minimum Gasteiger partial charge on any atom is -0.339 e. The third kappa shape index (κ3) is 3.96. The molecule has 0 N–H and O–H groups in total. The molecule has 6 nitrogen and oxygen atoms in total. The molecule has 4 rings (SSSR count). The van der Waals surface area contributed by atoms with Crippen molar-refractivity contribution in [2.75, 3.05) is 13.1 Å². The van der Waals surface area contributed by atoms with E-state index in [4.69, 9.17) is 0 Å². The Labute approximate surface area is 165 Å². The number of nitrogens with zero attached hydrogens (tertiary/aromatic N) is 5. The minimum atomic E-state index is 0.104. The van der Waals surface area contributed by atoms with Crippen molar-refractivity contribution in [2.45, 2.75) is 38.6 Å². The van der Waals surface area contributed by atoms with Crippen LogP contribution in [0.2, 0.25) is 0 Å². The summed E-state index contributed by atoms with van der Waals surface area (Å²) < 4.78 is 2.18. The number of aryl methyl sites for hydroxylation is 1. The molecule has 1 saturated heterocycles. The van der Waals surface area contributed by atoms with E-state index in [0.717, 1.165) is 61.7 Å². The van der Waals surface area contributed by atoms with Crippen LogP contribution in [0.4, 0.5) is 0 Å². The molecule has 0 radical (unpaired) electrons. The molecule has 0 bridgehead atoms. The van der Waals surface area contributed by atoms with E-state index in [0.29, 0.717) is 5.92 Å². The molecule has 1 aliphatic rings. The third-order valence-electron chi connectivity index (χ3n) is 5.38. The van der Waals surface area contributed by atoms with E-state index in [1.54, 1.807) is 6.20 Å². The number of pyridine rings is 2. The molecule has 0 saturated carbocycles. The zero-order valence-electron chi connectivity index (χ0n) is 16.2. The van der Waals surface area contributed by atoms with E-state index in [1.807, 2.05) is 53.8 Å². The maximum Gasteiger partial charge on any atom is 0.253 e. The topological polar surface area (TPSA) is 63.9 Å². The minimum absolute atomic E-state index is 0.104. The zero-order chi connectivity index (χ0) is 19.3. The highest BCUT2D eigenvalue weighted by Gasteiger charge is 2.27. The summed E-state index contributed by atoms with van der Waals surface area (Å²) in [6.07, 6.45) is 10.1. The smallest absolute Gasteiger partial charge is 0.253 e. The van der Waals surface area contributed by atoms with E-state index in [2.05, 4.69) is 26.4 Å². The van der Waals surface area contributed by atoms with Crippen molar-refractivity contribution in [1.82, 2.24) is 24.4 Å². The van der Waals surface area contributed by atoms with Gasteiger partial charge in [-0.1, -0.05) is 13.0 Å². The average molecular weight is 375 g/mol. The first kappa shape index (κ1) is 18.3. The van der Waals surface area contributed by atoms with Crippen LogP contribution in [0.1, 0.15) is 53.3 Å². The summed E-state index contributed by atoms with van der Waals surface area (Å²) in [6, 6.07) is 9.69. The Bertz CT molecular complexity index is 929. The lowest BCUT2D eigenvalue weighted by atomic mass is 9.95. The molecule has 0 aromatic carbocycles. The summed E-state index contributed by atoms with van der Waals surface area (Å²) in [6.45, 7) is 4.29. The molecule has 28 heavy (non-hydrogen) atoms. The van der Waals surface area contributed by atoms with Crippen molar-refractivity contribution < 1.29 is 4.79 Å². The highest BCUT2D eigenvalue weighted by molar-refractivity contribution is 5.94. The van der Waals surface area contributed by atoms with Gasteiger partial charge in [-0.3, -0.25) is 14.8 Å². The standard InChI is InChI=1S/C22H25N5O/c1-2-19-15-18(6-10-24-19)22(28)26-12-7-17(8-13-26)21-25-11-14-27(21)16-20-5-3-4-9-23-20/h3-6,9-11,14-15,17H,2,7-8,12-13,16H2,1H3. The maximum atomic E-state index is 12.8. The van der Waals surface area contributed by atoms with Crippen LogP contribution < -0.4 is 0 Å². The van der Waals surface area contributed by atoms with Crippen molar-refractivity contribution >= 4 is 5.91 Å². The van der Waals surface area contributed by atoms with Crippen molar-refractivity contribution in [3.63, 3.8) is 0 Å². The Hall–Kier alpha value is -3.02. The van der Waals surface area contributed by atoms with Crippen LogP contribution >= 0.6 is 0 Å². The fraction of sp³-hybridized carbons (Fsp3) is 0.364. The molecule has 0 atom stereocenters. The molecule has 1 amide bonds. The summed E-state index contributed by atoms with van der Waals surface area (Å²) >= 11 is 0. The maximum absolute atomic E-state index is 12.8. The van der Waals surface area contributed by atoms with Crippen LogP contribution in [0, 0.1) is 0 Å². The second-order valence-corrected chi connectivity index (χ2v) is 7.19. The molecule has 4 heterocycles. The second-order valence-electron chi connectivity index (χ2n) is 7.19. The highest BCUT2D eigenvalue weighted by atomic mass is 16.2. The molecular weight excluding hydrogens is 350 g/mol. The van der Waals surface area contributed by atoms with Gasteiger partial charge in [0.25, 0.3) is 5.91 Å². The van der Waals surface area contributed by atoms with Gasteiger partial charge in [-0.2, -0.15) is 0 Å². The van der Waals surface area contributed by atoms with E-state index in [9.17, 15) is 4.79 Å². The van der Waals surface area contributed by atoms with Gasteiger partial charge in [-0.25, -0.2) is 4.98 Å². The highest BCUT2D eigenvalue weighted by Crippen LogP contribution is 2.28. The lowest BCUT2D eigenvalue weighted by Crippen LogP contribution is -2.38. The molecule has 144 valence electrons. The van der Waals surface area contributed by atoms with Gasteiger partial charge in [-0.05, 0) is 43.5 Å². The molecule has 1 aliphatic heterocycles. The van der Waals surface area contributed by atoms with Gasteiger partial charge in [0.05, 0.1) is 12.2 Å². The Morgan fingerprint density at radius 1 is 1.04 bits per heavy atom. The predicted molar refractivity (Wildman–Crippen MR) is 107 cm³/mol. The van der Waals surface area contributed by atoms with Gasteiger partial charge < -0.3 is 9.47 Å². The Morgan fingerprint density at radius 3 is 2.61 bits per heavy atom. The number of hydrogen-bond acceptors (Lipinski definition) is 4. The number of hydrogen-bond donors (Lipinski definition) is 0. The summed E-state index contributed by atoms with van der Waals surface area (Å²) in [4.78, 5) is 28.1. The van der Waals surface area contributed by atoms with Gasteiger partial charge in [0.2, 0.25) is 0 Å². The summed E-state index contributed by atoms with van der Waals surface area (Å²) in [7, 11) is 0. The quantitative estimate of drug-likeness (QED) is 0.686. The largest absolute Gasteiger partial charge is 0.339 e. The molecule has 0 aliphatic carbocycles. The van der Waals surface area contributed by atoms with Crippen LogP contribution in [-0.4, -0.2) is 43.4 Å². The number of aromatic nitrogens is 4. The molecule has 0 spiro atoms. The third-order valence-corrected chi connectivity index (χ3v) is 5.38. The van der Waals surface area contributed by atoms with Crippen LogP contribution in [0.5, 0.6) is 0 Å². The predicted octanol–water partition coefficient (Wildman–Crippen LogP) is 3.30. The summed E-state index contributed by atoms with van der Waals surface area (Å²) in [5.74, 6) is 1.56. The SMILES string of the molecule is CCc1cc(C(=O)N2CCC(c3nccn3Cc3ccccn3)CC2)ccn1. The lowest BCUT2D eigenvalue weighted by molar-refractivity contribution is 0.0710. The summed E-state index contributed by atoms with van der Waals surface area (Å²) in [5, 5.41) is 0. The first-order valence-electron chi connectivity index (χ1n) is 9.89. The van der Waals surface area contributed by atoms with Gasteiger partial charge in [0.15, 0.2) is 0 Å². The zero-order valence-corrected chi connectivity index (χ0v) is 16.2. The van der Waals surface area contributed by atoms with E-state index in [1.165, 1.54) is 0 Å². The number of amides is 1. The van der Waals surface area contributed by atoms with Crippen LogP contribution in [0.3, 0.4) is 0 Å². The molecule has 6 heteroatoms. The molecule has 3 aromatic heterocycles. The van der Waals surface area contributed by atoms with Gasteiger partial charge in [0, 0.05) is 55.1 Å². The van der Waals surface area contributed by atoms with Crippen molar-refractivity contribution in [1.29, 1.82) is 0 Å². The Morgan fingerprint density at radius 2 is 1.86 bits per heavy atom. The number of carbonyl (C=O) groups is 1. The van der Waals surface area contributed by atoms with Gasteiger partial charge in [-0.15, -0.1) is 0 Å². The lowest BCUT2D eigenvalue weighted by Gasteiger charge is -2.32. The average Bonchev–Trinajstić information content (AvgIpc) is 3.22. The van der Waals surface area contributed by atoms with Crippen molar-refractivity contribution in [3.05, 3.63) is 77.9 Å². The van der Waals surface area contributed by atoms with Crippen LogP contribution in [-0.2, 0) is 13.0 Å². The van der Waals surface area contributed by atoms with Crippen molar-refractivity contribution in [3.8, 4) is 0 Å².